The molecule has 0 radical (unpaired) electrons. The van der Waals surface area contributed by atoms with Gasteiger partial charge >= 0.3 is 15.2 Å². The summed E-state index contributed by atoms with van der Waals surface area (Å²) in [5, 5.41) is -1.33. The molecule has 0 saturated heterocycles. The molecule has 0 aliphatic rings. The van der Waals surface area contributed by atoms with Crippen LogP contribution in [0.2, 0.25) is 0 Å². The molecule has 2 rings (SSSR count). The minimum atomic E-state index is -3.87. The van der Waals surface area contributed by atoms with Crippen LogP contribution in [-0.4, -0.2) is 28.4 Å². The average molecular weight is 388 g/mol. The number of hydrogen-bond acceptors (Lipinski definition) is 7. The van der Waals surface area contributed by atoms with Crippen LogP contribution in [0.25, 0.3) is 0 Å². The van der Waals surface area contributed by atoms with Crippen molar-refractivity contribution >= 4 is 15.2 Å². The molecule has 25 heavy (non-hydrogen) atoms. The summed E-state index contributed by atoms with van der Waals surface area (Å²) in [5.41, 5.74) is 1.71. The lowest BCUT2D eigenvalue weighted by molar-refractivity contribution is 0.242. The third-order valence-electron chi connectivity index (χ3n) is 3.87. The molecule has 7 nitrogen and oxygen atoms in total. The Morgan fingerprint density at radius 3 is 1.88 bits per heavy atom. The molecule has 2 aromatic rings. The van der Waals surface area contributed by atoms with Crippen molar-refractivity contribution in [3.05, 3.63) is 59.5 Å². The fourth-order valence-electron chi connectivity index (χ4n) is 2.54. The SMILES string of the molecule is COP(=O)(OC)C(c1occc1Cc1ccccc1)P(=O)(OC)OC. The zero-order valence-corrected chi connectivity index (χ0v) is 16.4. The van der Waals surface area contributed by atoms with Crippen molar-refractivity contribution in [3.63, 3.8) is 0 Å². The van der Waals surface area contributed by atoms with Crippen molar-refractivity contribution in [2.75, 3.05) is 28.4 Å². The number of benzene rings is 1. The molecule has 1 aromatic carbocycles. The minimum Gasteiger partial charge on any atom is -0.467 e. The first-order valence-corrected chi connectivity index (χ1v) is 10.7. The molecule has 0 unspecified atom stereocenters. The first kappa shape index (κ1) is 20.1. The van der Waals surface area contributed by atoms with E-state index in [1.165, 1.54) is 34.7 Å². The standard InChI is InChI=1S/C16H22O7P2/c1-19-24(17,20-2)16(25(18,21-3)22-4)15-14(10-11-23-15)12-13-8-6-5-7-9-13/h5-11,16H,12H2,1-4H3. The molecule has 0 saturated carbocycles. The molecule has 0 amide bonds. The zero-order chi connectivity index (χ0) is 18.5. The smallest absolute Gasteiger partial charge is 0.353 e. The van der Waals surface area contributed by atoms with Crippen molar-refractivity contribution in [2.24, 2.45) is 0 Å². The van der Waals surface area contributed by atoms with Gasteiger partial charge < -0.3 is 22.5 Å². The average Bonchev–Trinajstić information content (AvgIpc) is 3.09. The molecule has 0 atom stereocenters. The second kappa shape index (κ2) is 8.45. The lowest BCUT2D eigenvalue weighted by Crippen LogP contribution is -2.09. The summed E-state index contributed by atoms with van der Waals surface area (Å²) in [5.74, 6) is 0.197. The van der Waals surface area contributed by atoms with Crippen LogP contribution in [0.3, 0.4) is 0 Å². The van der Waals surface area contributed by atoms with Gasteiger partial charge in [0, 0.05) is 34.9 Å². The predicted octanol–water partition coefficient (Wildman–Crippen LogP) is 4.84. The highest BCUT2D eigenvalue weighted by Crippen LogP contribution is 2.78. The van der Waals surface area contributed by atoms with E-state index in [-0.39, 0.29) is 5.76 Å². The highest BCUT2D eigenvalue weighted by Gasteiger charge is 2.53. The van der Waals surface area contributed by atoms with Crippen molar-refractivity contribution < 1.29 is 31.6 Å². The van der Waals surface area contributed by atoms with Gasteiger partial charge in [0.05, 0.1) is 6.26 Å². The van der Waals surface area contributed by atoms with E-state index in [9.17, 15) is 9.13 Å². The van der Waals surface area contributed by atoms with E-state index in [2.05, 4.69) is 0 Å². The molecule has 0 N–H and O–H groups in total. The topological polar surface area (TPSA) is 84.2 Å². The molecule has 0 aliphatic carbocycles. The summed E-state index contributed by atoms with van der Waals surface area (Å²) in [7, 11) is -2.89. The Morgan fingerprint density at radius 1 is 0.880 bits per heavy atom. The molecule has 0 bridgehead atoms. The van der Waals surface area contributed by atoms with Gasteiger partial charge in [-0.25, -0.2) is 0 Å². The van der Waals surface area contributed by atoms with Gasteiger partial charge in [-0.3, -0.25) is 9.13 Å². The lowest BCUT2D eigenvalue weighted by Gasteiger charge is -2.28. The van der Waals surface area contributed by atoms with Gasteiger partial charge in [0.2, 0.25) is 5.40 Å². The predicted molar refractivity (Wildman–Crippen MR) is 93.9 cm³/mol. The summed E-state index contributed by atoms with van der Waals surface area (Å²) < 4.78 is 52.0. The molecule has 0 spiro atoms. The largest absolute Gasteiger partial charge is 0.467 e. The molecule has 9 heteroatoms. The van der Waals surface area contributed by atoms with E-state index in [0.29, 0.717) is 12.0 Å². The maximum atomic E-state index is 13.1. The molecule has 1 aromatic heterocycles. The van der Waals surface area contributed by atoms with E-state index < -0.39 is 20.6 Å². The Morgan fingerprint density at radius 2 is 1.40 bits per heavy atom. The second-order valence-electron chi connectivity index (χ2n) is 5.16. The van der Waals surface area contributed by atoms with E-state index in [4.69, 9.17) is 22.5 Å². The fraction of sp³-hybridized carbons (Fsp3) is 0.375. The summed E-state index contributed by atoms with van der Waals surface area (Å²) >= 11 is 0. The third kappa shape index (κ3) is 4.14. The molecular weight excluding hydrogens is 366 g/mol. The monoisotopic (exact) mass is 388 g/mol. The molecular formula is C16H22O7P2. The fourth-order valence-corrected chi connectivity index (χ4v) is 7.19. The van der Waals surface area contributed by atoms with Crippen molar-refractivity contribution in [3.8, 4) is 0 Å². The quantitative estimate of drug-likeness (QED) is 0.568. The van der Waals surface area contributed by atoms with Crippen molar-refractivity contribution in [1.29, 1.82) is 0 Å². The normalized spacial score (nSPS) is 12.7. The van der Waals surface area contributed by atoms with Crippen LogP contribution in [0.4, 0.5) is 0 Å². The van der Waals surface area contributed by atoms with Gasteiger partial charge in [-0.05, 0) is 17.2 Å². The van der Waals surface area contributed by atoms with Gasteiger partial charge in [-0.2, -0.15) is 0 Å². The molecule has 1 heterocycles. The van der Waals surface area contributed by atoms with Crippen LogP contribution in [-0.2, 0) is 33.6 Å². The Kier molecular flexibility index (Phi) is 6.80. The van der Waals surface area contributed by atoms with Crippen LogP contribution in [0.15, 0.2) is 47.1 Å². The Hall–Kier alpha value is -1.20. The van der Waals surface area contributed by atoms with Gasteiger partial charge in [0.15, 0.2) is 0 Å². The van der Waals surface area contributed by atoms with Gasteiger partial charge in [-0.1, -0.05) is 30.3 Å². The Labute approximate surface area is 147 Å². The lowest BCUT2D eigenvalue weighted by atomic mass is 10.1. The summed E-state index contributed by atoms with van der Waals surface area (Å²) in [6.07, 6.45) is 1.93. The summed E-state index contributed by atoms with van der Waals surface area (Å²) in [4.78, 5) is 0. The van der Waals surface area contributed by atoms with Crippen LogP contribution in [0.5, 0.6) is 0 Å². The van der Waals surface area contributed by atoms with Crippen molar-refractivity contribution in [1.82, 2.24) is 0 Å². The van der Waals surface area contributed by atoms with Gasteiger partial charge in [0.1, 0.15) is 5.76 Å². The van der Waals surface area contributed by atoms with Crippen LogP contribution in [0.1, 0.15) is 22.3 Å². The zero-order valence-electron chi connectivity index (χ0n) is 14.6. The summed E-state index contributed by atoms with van der Waals surface area (Å²) in [6.45, 7) is 0. The Bertz CT molecular complexity index is 730. The van der Waals surface area contributed by atoms with Crippen LogP contribution in [0, 0.1) is 0 Å². The molecule has 138 valence electrons. The third-order valence-corrected chi connectivity index (χ3v) is 9.27. The van der Waals surface area contributed by atoms with E-state index >= 15 is 0 Å². The highest BCUT2D eigenvalue weighted by atomic mass is 31.2. The number of rotatable bonds is 9. The molecule has 0 aliphatic heterocycles. The van der Waals surface area contributed by atoms with Crippen LogP contribution < -0.4 is 0 Å². The van der Waals surface area contributed by atoms with Gasteiger partial charge in [0.25, 0.3) is 0 Å². The second-order valence-corrected chi connectivity index (χ2v) is 10.2. The minimum absolute atomic E-state index is 0.197. The first-order valence-electron chi connectivity index (χ1n) is 7.46. The summed E-state index contributed by atoms with van der Waals surface area (Å²) in [6, 6.07) is 11.4. The van der Waals surface area contributed by atoms with Gasteiger partial charge in [-0.15, -0.1) is 0 Å². The molecule has 0 fully saturated rings. The maximum absolute atomic E-state index is 13.1. The van der Waals surface area contributed by atoms with Crippen molar-refractivity contribution in [2.45, 2.75) is 11.8 Å². The number of hydrogen-bond donors (Lipinski definition) is 0. The van der Waals surface area contributed by atoms with Crippen LogP contribution >= 0.6 is 15.2 Å². The first-order chi connectivity index (χ1) is 11.9. The van der Waals surface area contributed by atoms with E-state index in [1.54, 1.807) is 6.07 Å². The van der Waals surface area contributed by atoms with E-state index in [0.717, 1.165) is 5.56 Å². The number of furan rings is 1. The highest BCUT2D eigenvalue weighted by molar-refractivity contribution is 7.72. The maximum Gasteiger partial charge on any atom is 0.353 e. The Balaban J connectivity index is 2.55. The van der Waals surface area contributed by atoms with E-state index in [1.807, 2.05) is 30.3 Å².